The average Bonchev–Trinajstić information content (AvgIpc) is 2.80. The Morgan fingerprint density at radius 3 is 2.26 bits per heavy atom. The zero-order valence-electron chi connectivity index (χ0n) is 18.1. The third-order valence-electron chi connectivity index (χ3n) is 4.70. The Balaban J connectivity index is 0.00000408. The fourth-order valence-corrected chi connectivity index (χ4v) is 3.04. The second-order valence-corrected chi connectivity index (χ2v) is 6.99. The summed E-state index contributed by atoms with van der Waals surface area (Å²) in [6.45, 7) is 1.68. The minimum Gasteiger partial charge on any atom is -0.454 e. The quantitative estimate of drug-likeness (QED) is 0.289. The van der Waals surface area contributed by atoms with Crippen LogP contribution in [0.4, 0.5) is 13.2 Å². The lowest BCUT2D eigenvalue weighted by Crippen LogP contribution is -2.31. The van der Waals surface area contributed by atoms with E-state index in [9.17, 15) is 13.6 Å². The molecule has 0 bridgehead atoms. The Morgan fingerprint density at radius 1 is 1.03 bits per heavy atom. The van der Waals surface area contributed by atoms with E-state index in [4.69, 9.17) is 20.6 Å². The van der Waals surface area contributed by atoms with E-state index in [0.29, 0.717) is 11.1 Å². The first-order valence-electron chi connectivity index (χ1n) is 10.0. The molecule has 3 rings (SSSR count). The van der Waals surface area contributed by atoms with E-state index < -0.39 is 35.0 Å². The van der Waals surface area contributed by atoms with E-state index in [1.807, 2.05) is 0 Å². The summed E-state index contributed by atoms with van der Waals surface area (Å²) in [6, 6.07) is 13.5. The molecule has 34 heavy (non-hydrogen) atoms. The molecule has 0 aromatic heterocycles. The fourth-order valence-electron chi connectivity index (χ4n) is 3.04. The molecule has 0 aliphatic carbocycles. The second-order valence-electron chi connectivity index (χ2n) is 6.99. The molecule has 10 heteroatoms. The number of hydrogen-bond donors (Lipinski definition) is 3. The van der Waals surface area contributed by atoms with Gasteiger partial charge in [0.2, 0.25) is 0 Å². The number of nitrogen functional groups attached to an aromatic ring is 1. The zero-order chi connectivity index (χ0) is 24.0. The molecule has 0 aliphatic heterocycles. The molecule has 3 aromatic carbocycles. The van der Waals surface area contributed by atoms with E-state index in [1.54, 1.807) is 31.2 Å². The van der Waals surface area contributed by atoms with Crippen LogP contribution in [-0.2, 0) is 16.1 Å². The van der Waals surface area contributed by atoms with Crippen molar-refractivity contribution in [3.63, 3.8) is 0 Å². The molecule has 0 spiro atoms. The van der Waals surface area contributed by atoms with Gasteiger partial charge in [0, 0.05) is 18.7 Å². The molecule has 3 aromatic rings. The van der Waals surface area contributed by atoms with Gasteiger partial charge < -0.3 is 20.5 Å². The van der Waals surface area contributed by atoms with Crippen molar-refractivity contribution >= 4 is 24.1 Å². The molecule has 180 valence electrons. The summed E-state index contributed by atoms with van der Waals surface area (Å²) >= 11 is 0. The van der Waals surface area contributed by atoms with Crippen LogP contribution in [0.25, 0.3) is 0 Å². The third kappa shape index (κ3) is 6.49. The van der Waals surface area contributed by atoms with Crippen molar-refractivity contribution in [1.82, 2.24) is 5.32 Å². The molecule has 6 nitrogen and oxygen atoms in total. The van der Waals surface area contributed by atoms with Crippen molar-refractivity contribution in [1.29, 1.82) is 5.41 Å². The molecule has 0 saturated heterocycles. The van der Waals surface area contributed by atoms with Crippen molar-refractivity contribution in [2.24, 2.45) is 5.73 Å². The van der Waals surface area contributed by atoms with Gasteiger partial charge in [0.1, 0.15) is 23.2 Å². The maximum Gasteiger partial charge on any atom is 0.254 e. The summed E-state index contributed by atoms with van der Waals surface area (Å²) in [5, 5.41) is 10.0. The van der Waals surface area contributed by atoms with Crippen LogP contribution in [0.1, 0.15) is 29.7 Å². The number of rotatable bonds is 9. The molecular weight excluding hydrogens is 471 g/mol. The van der Waals surface area contributed by atoms with Crippen LogP contribution in [-0.4, -0.2) is 18.3 Å². The molecule has 0 unspecified atom stereocenters. The average molecular weight is 494 g/mol. The lowest BCUT2D eigenvalue weighted by Gasteiger charge is -2.20. The van der Waals surface area contributed by atoms with Crippen LogP contribution in [0, 0.1) is 22.9 Å². The zero-order valence-corrected chi connectivity index (χ0v) is 18.9. The SMILES string of the molecule is CCO[C@H](C(=O)NCc1ccc(C(=N)N)cc1)c1c(F)ccc(Oc2ccc(F)cc2)c1F.Cl. The Morgan fingerprint density at radius 2 is 1.68 bits per heavy atom. The van der Waals surface area contributed by atoms with E-state index in [-0.39, 0.29) is 42.9 Å². The molecule has 0 radical (unpaired) electrons. The number of amides is 1. The molecule has 0 saturated carbocycles. The Bertz CT molecular complexity index is 1140. The topological polar surface area (TPSA) is 97.4 Å². The number of nitrogens with one attached hydrogen (secondary N) is 2. The van der Waals surface area contributed by atoms with Crippen molar-refractivity contribution in [3.05, 3.63) is 94.8 Å². The summed E-state index contributed by atoms with van der Waals surface area (Å²) in [7, 11) is 0. The summed E-state index contributed by atoms with van der Waals surface area (Å²) in [6.07, 6.45) is -1.57. The largest absolute Gasteiger partial charge is 0.454 e. The lowest BCUT2D eigenvalue weighted by molar-refractivity contribution is -0.133. The highest BCUT2D eigenvalue weighted by Gasteiger charge is 2.30. The molecular formula is C24H23ClF3N3O3. The molecule has 0 aliphatic rings. The lowest BCUT2D eigenvalue weighted by atomic mass is 10.1. The number of hydrogen-bond acceptors (Lipinski definition) is 4. The molecule has 0 heterocycles. The molecule has 1 atom stereocenters. The summed E-state index contributed by atoms with van der Waals surface area (Å²) in [5.41, 5.74) is 6.04. The monoisotopic (exact) mass is 493 g/mol. The number of ether oxygens (including phenoxy) is 2. The summed E-state index contributed by atoms with van der Waals surface area (Å²) < 4.78 is 53.7. The van der Waals surface area contributed by atoms with Gasteiger partial charge in [-0.3, -0.25) is 10.2 Å². The first-order chi connectivity index (χ1) is 15.8. The van der Waals surface area contributed by atoms with Gasteiger partial charge in [-0.05, 0) is 48.9 Å². The van der Waals surface area contributed by atoms with Crippen LogP contribution in [0.15, 0.2) is 60.7 Å². The van der Waals surface area contributed by atoms with Gasteiger partial charge in [-0.25, -0.2) is 13.2 Å². The smallest absolute Gasteiger partial charge is 0.254 e. The van der Waals surface area contributed by atoms with Crippen molar-refractivity contribution < 1.29 is 27.4 Å². The summed E-state index contributed by atoms with van der Waals surface area (Å²) in [4.78, 5) is 12.8. The van der Waals surface area contributed by atoms with Gasteiger partial charge in [0.15, 0.2) is 17.7 Å². The molecule has 4 N–H and O–H groups in total. The maximum atomic E-state index is 15.2. The highest BCUT2D eigenvalue weighted by Crippen LogP contribution is 2.33. The van der Waals surface area contributed by atoms with Crippen LogP contribution < -0.4 is 15.8 Å². The van der Waals surface area contributed by atoms with Gasteiger partial charge in [0.25, 0.3) is 5.91 Å². The molecule has 1 amide bonds. The van der Waals surface area contributed by atoms with E-state index in [2.05, 4.69) is 5.32 Å². The van der Waals surface area contributed by atoms with Crippen LogP contribution in [0.3, 0.4) is 0 Å². The number of carbonyl (C=O) groups excluding carboxylic acids is 1. The maximum absolute atomic E-state index is 15.2. The van der Waals surface area contributed by atoms with Crippen molar-refractivity contribution in [2.45, 2.75) is 19.6 Å². The number of nitrogens with two attached hydrogens (primary N) is 1. The van der Waals surface area contributed by atoms with Gasteiger partial charge in [-0.1, -0.05) is 24.3 Å². The standard InChI is InChI=1S/C24H22F3N3O3.ClH/c1-2-32-22(24(31)30-13-14-3-5-15(6-4-14)23(28)29)20-18(26)11-12-19(21(20)27)33-17-9-7-16(25)8-10-17;/h3-12,22H,2,13H2,1H3,(H3,28,29)(H,30,31);1H/t22-;/m0./s1. The van der Waals surface area contributed by atoms with Gasteiger partial charge in [-0.15, -0.1) is 12.4 Å². The predicted octanol–water partition coefficient (Wildman–Crippen LogP) is 5.00. The minimum atomic E-state index is -1.57. The van der Waals surface area contributed by atoms with Crippen molar-refractivity contribution in [3.8, 4) is 11.5 Å². The first kappa shape index (κ1) is 26.7. The van der Waals surface area contributed by atoms with Gasteiger partial charge in [-0.2, -0.15) is 0 Å². The number of amidine groups is 1. The first-order valence-corrected chi connectivity index (χ1v) is 10.0. The second kappa shape index (κ2) is 12.1. The Labute approximate surface area is 200 Å². The van der Waals surface area contributed by atoms with Crippen molar-refractivity contribution in [2.75, 3.05) is 6.61 Å². The Hall–Kier alpha value is -3.56. The summed E-state index contributed by atoms with van der Waals surface area (Å²) in [5.74, 6) is -3.60. The van der Waals surface area contributed by atoms with E-state index in [1.165, 1.54) is 12.1 Å². The van der Waals surface area contributed by atoms with Gasteiger partial charge >= 0.3 is 0 Å². The predicted molar refractivity (Wildman–Crippen MR) is 124 cm³/mol. The number of carbonyl (C=O) groups is 1. The highest BCUT2D eigenvalue weighted by atomic mass is 35.5. The number of halogens is 4. The van der Waals surface area contributed by atoms with Crippen LogP contribution >= 0.6 is 12.4 Å². The highest BCUT2D eigenvalue weighted by molar-refractivity contribution is 5.94. The normalized spacial score (nSPS) is 11.3. The molecule has 0 fully saturated rings. The van der Waals surface area contributed by atoms with Crippen LogP contribution in [0.5, 0.6) is 11.5 Å². The van der Waals surface area contributed by atoms with Crippen LogP contribution in [0.2, 0.25) is 0 Å². The van der Waals surface area contributed by atoms with E-state index in [0.717, 1.165) is 24.3 Å². The third-order valence-corrected chi connectivity index (χ3v) is 4.70. The fraction of sp³-hybridized carbons (Fsp3) is 0.167. The van der Waals surface area contributed by atoms with E-state index >= 15 is 4.39 Å². The van der Waals surface area contributed by atoms with Gasteiger partial charge in [0.05, 0.1) is 5.56 Å². The number of benzene rings is 3. The minimum absolute atomic E-state index is 0. The Kier molecular flexibility index (Phi) is 9.47.